The van der Waals surface area contributed by atoms with Crippen LogP contribution in [0.15, 0.2) is 212 Å². The van der Waals surface area contributed by atoms with Gasteiger partial charge in [-0.05, 0) is 55.6 Å². The number of hydrogen-bond acceptors (Lipinski definition) is 3. The van der Waals surface area contributed by atoms with E-state index in [9.17, 15) is 0 Å². The van der Waals surface area contributed by atoms with Gasteiger partial charge >= 0.3 is 0 Å². The minimum atomic E-state index is -0.462. The fourth-order valence-electron chi connectivity index (χ4n) is 8.23. The first-order valence-electron chi connectivity index (χ1n) is 18.7. The molecule has 9 aromatic rings. The molecule has 1 aliphatic carbocycles. The van der Waals surface area contributed by atoms with Crippen molar-refractivity contribution < 1.29 is 0 Å². The van der Waals surface area contributed by atoms with Gasteiger partial charge in [-0.1, -0.05) is 212 Å². The minimum absolute atomic E-state index is 0.462. The molecule has 0 fully saturated rings. The van der Waals surface area contributed by atoms with E-state index in [1.54, 1.807) is 0 Å². The van der Waals surface area contributed by atoms with Crippen molar-refractivity contribution in [3.63, 3.8) is 0 Å². The second kappa shape index (κ2) is 13.6. The predicted octanol–water partition coefficient (Wildman–Crippen LogP) is 12.6. The molecule has 0 N–H and O–H groups in total. The van der Waals surface area contributed by atoms with Crippen LogP contribution in [-0.2, 0) is 5.41 Å². The third-order valence-electron chi connectivity index (χ3n) is 10.9. The summed E-state index contributed by atoms with van der Waals surface area (Å²) in [6.07, 6.45) is 0. The second-order valence-corrected chi connectivity index (χ2v) is 14.0. The zero-order chi connectivity index (χ0) is 36.6. The van der Waals surface area contributed by atoms with Crippen LogP contribution in [0.2, 0.25) is 0 Å². The Bertz CT molecular complexity index is 2710. The lowest BCUT2D eigenvalue weighted by atomic mass is 9.67. The van der Waals surface area contributed by atoms with E-state index >= 15 is 0 Å². The maximum atomic E-state index is 5.10. The highest BCUT2D eigenvalue weighted by molar-refractivity contribution is 5.86. The van der Waals surface area contributed by atoms with Crippen molar-refractivity contribution in [2.24, 2.45) is 0 Å². The third kappa shape index (κ3) is 5.65. The Labute approximate surface area is 321 Å². The van der Waals surface area contributed by atoms with Crippen LogP contribution >= 0.6 is 0 Å². The van der Waals surface area contributed by atoms with Gasteiger partial charge in [0.2, 0.25) is 0 Å². The molecular formula is C52H35N3. The summed E-state index contributed by atoms with van der Waals surface area (Å²) >= 11 is 0. The molecule has 3 nitrogen and oxygen atoms in total. The lowest BCUT2D eigenvalue weighted by molar-refractivity contribution is 0.768. The molecule has 1 heterocycles. The summed E-state index contributed by atoms with van der Waals surface area (Å²) in [4.78, 5) is 15.2. The molecule has 0 spiro atoms. The molecule has 55 heavy (non-hydrogen) atoms. The average Bonchev–Trinajstić information content (AvgIpc) is 3.58. The fourth-order valence-corrected chi connectivity index (χ4v) is 8.23. The van der Waals surface area contributed by atoms with Crippen LogP contribution in [0, 0.1) is 0 Å². The lowest BCUT2D eigenvalue weighted by Crippen LogP contribution is -2.28. The van der Waals surface area contributed by atoms with E-state index in [0.29, 0.717) is 17.5 Å². The lowest BCUT2D eigenvalue weighted by Gasteiger charge is -2.34. The smallest absolute Gasteiger partial charge is 0.164 e. The summed E-state index contributed by atoms with van der Waals surface area (Å²) in [7, 11) is 0. The SMILES string of the molecule is c1ccc(-c2ccc(-c3ccc(-c4nc(-c5ccccc5)nc(-c5ccc(C6(c7ccccc7)c7ccccc7-c7ccccc76)cc5)n4)cc3)cc2)cc1. The number of nitrogens with zero attached hydrogens (tertiary/aromatic N) is 3. The van der Waals surface area contributed by atoms with Gasteiger partial charge in [0.25, 0.3) is 0 Å². The summed E-state index contributed by atoms with van der Waals surface area (Å²) < 4.78 is 0. The molecule has 0 radical (unpaired) electrons. The standard InChI is InChI=1S/C52H35N3/c1-4-14-36(15-5-1)37-24-26-38(27-25-37)39-28-30-41(31-29-39)50-53-49(40-16-6-2-7-17-40)54-51(55-50)42-32-34-44(35-33-42)52(43-18-8-3-9-19-43)47-22-12-10-20-45(47)46-21-11-13-23-48(46)52/h1-35H. The average molecular weight is 702 g/mol. The van der Waals surface area contributed by atoms with Crippen molar-refractivity contribution in [1.82, 2.24) is 15.0 Å². The first kappa shape index (κ1) is 32.4. The molecule has 0 aliphatic heterocycles. The van der Waals surface area contributed by atoms with Crippen molar-refractivity contribution in [3.8, 4) is 67.5 Å². The highest BCUT2D eigenvalue weighted by atomic mass is 15.0. The molecule has 0 amide bonds. The van der Waals surface area contributed by atoms with Crippen LogP contribution in [0.4, 0.5) is 0 Å². The molecule has 258 valence electrons. The normalized spacial score (nSPS) is 12.5. The Morgan fingerprint density at radius 2 is 0.527 bits per heavy atom. The van der Waals surface area contributed by atoms with Gasteiger partial charge in [-0.15, -0.1) is 0 Å². The minimum Gasteiger partial charge on any atom is -0.208 e. The summed E-state index contributed by atoms with van der Waals surface area (Å²) in [6.45, 7) is 0. The van der Waals surface area contributed by atoms with E-state index in [1.807, 2.05) is 36.4 Å². The molecular weight excluding hydrogens is 667 g/mol. The number of benzene rings is 8. The summed E-state index contributed by atoms with van der Waals surface area (Å²) in [5, 5.41) is 0. The van der Waals surface area contributed by atoms with Crippen LogP contribution in [0.1, 0.15) is 22.3 Å². The molecule has 0 atom stereocenters. The maximum absolute atomic E-state index is 5.10. The van der Waals surface area contributed by atoms with Crippen molar-refractivity contribution in [2.75, 3.05) is 0 Å². The fraction of sp³-hybridized carbons (Fsp3) is 0.0192. The summed E-state index contributed by atoms with van der Waals surface area (Å²) in [6, 6.07) is 75.2. The Morgan fingerprint density at radius 3 is 0.982 bits per heavy atom. The largest absolute Gasteiger partial charge is 0.208 e. The molecule has 0 saturated carbocycles. The van der Waals surface area contributed by atoms with Gasteiger partial charge in [-0.2, -0.15) is 0 Å². The molecule has 1 aliphatic rings. The van der Waals surface area contributed by atoms with Gasteiger partial charge in [-0.3, -0.25) is 0 Å². The van der Waals surface area contributed by atoms with Gasteiger partial charge in [0.15, 0.2) is 17.5 Å². The van der Waals surface area contributed by atoms with Gasteiger partial charge in [0.05, 0.1) is 5.41 Å². The Morgan fingerprint density at radius 1 is 0.236 bits per heavy atom. The monoisotopic (exact) mass is 701 g/mol. The van der Waals surface area contributed by atoms with E-state index in [0.717, 1.165) is 27.8 Å². The number of aromatic nitrogens is 3. The highest BCUT2D eigenvalue weighted by Crippen LogP contribution is 2.56. The molecule has 10 rings (SSSR count). The van der Waals surface area contributed by atoms with E-state index < -0.39 is 5.41 Å². The van der Waals surface area contributed by atoms with Crippen LogP contribution in [-0.4, -0.2) is 15.0 Å². The number of rotatable bonds is 7. The van der Waals surface area contributed by atoms with Crippen molar-refractivity contribution in [1.29, 1.82) is 0 Å². The van der Waals surface area contributed by atoms with Crippen LogP contribution in [0.25, 0.3) is 67.5 Å². The van der Waals surface area contributed by atoms with Gasteiger partial charge in [0, 0.05) is 16.7 Å². The van der Waals surface area contributed by atoms with Crippen LogP contribution < -0.4 is 0 Å². The quantitative estimate of drug-likeness (QED) is 0.166. The van der Waals surface area contributed by atoms with E-state index in [2.05, 4.69) is 176 Å². The molecule has 1 aromatic heterocycles. The van der Waals surface area contributed by atoms with Crippen molar-refractivity contribution >= 4 is 0 Å². The molecule has 0 bridgehead atoms. The molecule has 8 aromatic carbocycles. The predicted molar refractivity (Wildman–Crippen MR) is 224 cm³/mol. The Hall–Kier alpha value is -7.23. The second-order valence-electron chi connectivity index (χ2n) is 14.0. The maximum Gasteiger partial charge on any atom is 0.164 e. The van der Waals surface area contributed by atoms with Crippen molar-refractivity contribution in [2.45, 2.75) is 5.41 Å². The zero-order valence-electron chi connectivity index (χ0n) is 30.0. The number of hydrogen-bond donors (Lipinski definition) is 0. The number of fused-ring (bicyclic) bond motifs is 3. The van der Waals surface area contributed by atoms with Crippen molar-refractivity contribution in [3.05, 3.63) is 235 Å². The Balaban J connectivity index is 1.05. The van der Waals surface area contributed by atoms with Gasteiger partial charge in [-0.25, -0.2) is 15.0 Å². The topological polar surface area (TPSA) is 38.7 Å². The molecule has 3 heteroatoms. The third-order valence-corrected chi connectivity index (χ3v) is 10.9. The van der Waals surface area contributed by atoms with Crippen LogP contribution in [0.5, 0.6) is 0 Å². The molecule has 0 saturated heterocycles. The summed E-state index contributed by atoms with van der Waals surface area (Å²) in [5.74, 6) is 1.92. The first-order valence-corrected chi connectivity index (χ1v) is 18.7. The highest BCUT2D eigenvalue weighted by Gasteiger charge is 2.45. The first-order chi connectivity index (χ1) is 27.3. The van der Waals surface area contributed by atoms with Crippen LogP contribution in [0.3, 0.4) is 0 Å². The van der Waals surface area contributed by atoms with E-state index in [1.165, 1.54) is 44.5 Å². The Kier molecular flexibility index (Phi) is 8.04. The van der Waals surface area contributed by atoms with E-state index in [-0.39, 0.29) is 0 Å². The van der Waals surface area contributed by atoms with Gasteiger partial charge in [0.1, 0.15) is 0 Å². The molecule has 0 unspecified atom stereocenters. The zero-order valence-corrected chi connectivity index (χ0v) is 30.0. The summed E-state index contributed by atoms with van der Waals surface area (Å²) in [5.41, 5.74) is 14.6. The van der Waals surface area contributed by atoms with Gasteiger partial charge < -0.3 is 0 Å². The van der Waals surface area contributed by atoms with E-state index in [4.69, 9.17) is 15.0 Å².